The van der Waals surface area contributed by atoms with Gasteiger partial charge in [0.25, 0.3) is 0 Å². The summed E-state index contributed by atoms with van der Waals surface area (Å²) in [5, 5.41) is 13.5. The second-order valence-corrected chi connectivity index (χ2v) is 5.32. The van der Waals surface area contributed by atoms with Crippen LogP contribution in [0.1, 0.15) is 25.6 Å². The molecule has 0 aliphatic heterocycles. The molecule has 0 saturated carbocycles. The van der Waals surface area contributed by atoms with Gasteiger partial charge >= 0.3 is 6.03 Å². The lowest BCUT2D eigenvalue weighted by molar-refractivity contribution is 0.251. The standard InChI is InChI=1S/C16H20N6O2/c1-3-14-21-18-10-22(14)8-7-17-16(23)19-11-5-6-13-12(9-11)20-15(4-2)24-13/h5-6,9-10H,3-4,7-8H2,1-2H3,(H2,17,19,23). The van der Waals surface area contributed by atoms with Crippen molar-refractivity contribution in [3.63, 3.8) is 0 Å². The molecule has 0 atom stereocenters. The summed E-state index contributed by atoms with van der Waals surface area (Å²) in [6.07, 6.45) is 3.21. The zero-order valence-corrected chi connectivity index (χ0v) is 13.7. The number of amides is 2. The van der Waals surface area contributed by atoms with Crippen LogP contribution in [0.4, 0.5) is 10.5 Å². The first-order valence-corrected chi connectivity index (χ1v) is 8.00. The van der Waals surface area contributed by atoms with Crippen LogP contribution in [-0.2, 0) is 19.4 Å². The van der Waals surface area contributed by atoms with E-state index in [1.807, 2.05) is 24.5 Å². The van der Waals surface area contributed by atoms with Crippen LogP contribution < -0.4 is 10.6 Å². The minimum absolute atomic E-state index is 0.264. The molecule has 2 heterocycles. The van der Waals surface area contributed by atoms with E-state index >= 15 is 0 Å². The number of benzene rings is 1. The number of rotatable bonds is 6. The third kappa shape index (κ3) is 3.53. The second-order valence-electron chi connectivity index (χ2n) is 5.32. The zero-order valence-electron chi connectivity index (χ0n) is 13.7. The van der Waals surface area contributed by atoms with Crippen LogP contribution >= 0.6 is 0 Å². The van der Waals surface area contributed by atoms with Gasteiger partial charge in [-0.05, 0) is 18.2 Å². The fourth-order valence-electron chi connectivity index (χ4n) is 2.41. The first-order chi connectivity index (χ1) is 11.7. The molecule has 0 bridgehead atoms. The lowest BCUT2D eigenvalue weighted by atomic mass is 10.3. The Morgan fingerprint density at radius 3 is 2.96 bits per heavy atom. The summed E-state index contributed by atoms with van der Waals surface area (Å²) in [6, 6.07) is 5.13. The van der Waals surface area contributed by atoms with E-state index < -0.39 is 0 Å². The van der Waals surface area contributed by atoms with E-state index in [0.717, 1.165) is 29.8 Å². The average Bonchev–Trinajstić information content (AvgIpc) is 3.20. The second kappa shape index (κ2) is 7.12. The van der Waals surface area contributed by atoms with E-state index in [1.54, 1.807) is 18.5 Å². The Labute approximate surface area is 139 Å². The normalized spacial score (nSPS) is 10.9. The molecule has 2 amide bonds. The van der Waals surface area contributed by atoms with Gasteiger partial charge in [-0.3, -0.25) is 0 Å². The van der Waals surface area contributed by atoms with Gasteiger partial charge in [0.1, 0.15) is 17.7 Å². The topological polar surface area (TPSA) is 97.9 Å². The molecule has 1 aromatic carbocycles. The van der Waals surface area contributed by atoms with Gasteiger partial charge in [-0.15, -0.1) is 10.2 Å². The van der Waals surface area contributed by atoms with E-state index in [-0.39, 0.29) is 6.03 Å². The number of carbonyl (C=O) groups excluding carboxylic acids is 1. The predicted octanol–water partition coefficient (Wildman–Crippen LogP) is 2.37. The highest BCUT2D eigenvalue weighted by atomic mass is 16.3. The molecule has 8 heteroatoms. The number of anilines is 1. The van der Waals surface area contributed by atoms with Crippen LogP contribution in [0.2, 0.25) is 0 Å². The summed E-state index contributed by atoms with van der Waals surface area (Å²) in [7, 11) is 0. The minimum atomic E-state index is -0.264. The number of oxazole rings is 1. The fourth-order valence-corrected chi connectivity index (χ4v) is 2.41. The summed E-state index contributed by atoms with van der Waals surface area (Å²) < 4.78 is 7.48. The summed E-state index contributed by atoms with van der Waals surface area (Å²) in [6.45, 7) is 5.12. The van der Waals surface area contributed by atoms with Gasteiger partial charge in [0.05, 0.1) is 0 Å². The molecule has 126 valence electrons. The monoisotopic (exact) mass is 328 g/mol. The summed E-state index contributed by atoms with van der Waals surface area (Å²) >= 11 is 0. The number of nitrogens with one attached hydrogen (secondary N) is 2. The maximum atomic E-state index is 12.0. The van der Waals surface area contributed by atoms with Crippen molar-refractivity contribution < 1.29 is 9.21 Å². The Kier molecular flexibility index (Phi) is 4.74. The van der Waals surface area contributed by atoms with Crippen LogP contribution in [0.5, 0.6) is 0 Å². The molecular weight excluding hydrogens is 308 g/mol. The first-order valence-electron chi connectivity index (χ1n) is 8.00. The maximum Gasteiger partial charge on any atom is 0.319 e. The van der Waals surface area contributed by atoms with Crippen molar-refractivity contribution in [2.45, 2.75) is 33.2 Å². The molecular formula is C16H20N6O2. The SMILES string of the molecule is CCc1nc2cc(NC(=O)NCCn3cnnc3CC)ccc2o1. The number of hydrogen-bond donors (Lipinski definition) is 2. The highest BCUT2D eigenvalue weighted by Crippen LogP contribution is 2.20. The summed E-state index contributed by atoms with van der Waals surface area (Å²) in [4.78, 5) is 16.3. The molecule has 0 radical (unpaired) electrons. The van der Waals surface area contributed by atoms with Gasteiger partial charge in [0.2, 0.25) is 0 Å². The number of aromatic nitrogens is 4. The Morgan fingerprint density at radius 1 is 1.29 bits per heavy atom. The Bertz CT molecular complexity index is 838. The van der Waals surface area contributed by atoms with Gasteiger partial charge in [-0.25, -0.2) is 9.78 Å². The van der Waals surface area contributed by atoms with Crippen LogP contribution in [0, 0.1) is 0 Å². The number of hydrogen-bond acceptors (Lipinski definition) is 5. The van der Waals surface area contributed by atoms with E-state index in [4.69, 9.17) is 4.42 Å². The first kappa shape index (κ1) is 16.0. The van der Waals surface area contributed by atoms with Crippen LogP contribution in [0.15, 0.2) is 28.9 Å². The van der Waals surface area contributed by atoms with Crippen molar-refractivity contribution in [1.29, 1.82) is 0 Å². The molecule has 0 aliphatic carbocycles. The van der Waals surface area contributed by atoms with E-state index in [9.17, 15) is 4.79 Å². The van der Waals surface area contributed by atoms with Crippen molar-refractivity contribution in [2.75, 3.05) is 11.9 Å². The van der Waals surface area contributed by atoms with E-state index in [1.165, 1.54) is 0 Å². The molecule has 2 aromatic heterocycles. The van der Waals surface area contributed by atoms with Crippen molar-refractivity contribution in [1.82, 2.24) is 25.1 Å². The Balaban J connectivity index is 1.54. The van der Waals surface area contributed by atoms with E-state index in [0.29, 0.717) is 24.7 Å². The number of fused-ring (bicyclic) bond motifs is 1. The highest BCUT2D eigenvalue weighted by Gasteiger charge is 2.07. The number of aryl methyl sites for hydroxylation is 2. The number of nitrogens with zero attached hydrogens (tertiary/aromatic N) is 4. The third-order valence-electron chi connectivity index (χ3n) is 3.64. The molecule has 2 N–H and O–H groups in total. The predicted molar refractivity (Wildman–Crippen MR) is 89.8 cm³/mol. The molecule has 3 aromatic rings. The van der Waals surface area contributed by atoms with Crippen molar-refractivity contribution >= 4 is 22.8 Å². The highest BCUT2D eigenvalue weighted by molar-refractivity contribution is 5.91. The zero-order chi connectivity index (χ0) is 16.9. The smallest absolute Gasteiger partial charge is 0.319 e. The summed E-state index contributed by atoms with van der Waals surface area (Å²) in [5.41, 5.74) is 2.13. The van der Waals surface area contributed by atoms with Gasteiger partial charge in [0.15, 0.2) is 11.5 Å². The molecule has 0 unspecified atom stereocenters. The van der Waals surface area contributed by atoms with Gasteiger partial charge < -0.3 is 19.6 Å². The molecule has 0 fully saturated rings. The molecule has 0 spiro atoms. The van der Waals surface area contributed by atoms with Crippen LogP contribution in [0.25, 0.3) is 11.1 Å². The minimum Gasteiger partial charge on any atom is -0.441 e. The molecule has 0 saturated heterocycles. The van der Waals surface area contributed by atoms with E-state index in [2.05, 4.69) is 25.8 Å². The van der Waals surface area contributed by atoms with Crippen LogP contribution in [0.3, 0.4) is 0 Å². The van der Waals surface area contributed by atoms with Crippen molar-refractivity contribution in [2.24, 2.45) is 0 Å². The largest absolute Gasteiger partial charge is 0.441 e. The molecule has 0 aliphatic rings. The fraction of sp³-hybridized carbons (Fsp3) is 0.375. The quantitative estimate of drug-likeness (QED) is 0.724. The summed E-state index contributed by atoms with van der Waals surface area (Å²) in [5.74, 6) is 1.59. The number of carbonyl (C=O) groups is 1. The van der Waals surface area contributed by atoms with Gasteiger partial charge in [-0.2, -0.15) is 0 Å². The molecule has 3 rings (SSSR count). The van der Waals surface area contributed by atoms with Crippen LogP contribution in [-0.4, -0.2) is 32.3 Å². The lowest BCUT2D eigenvalue weighted by Gasteiger charge is -2.08. The maximum absolute atomic E-state index is 12.0. The Hall–Kier alpha value is -2.90. The third-order valence-corrected chi connectivity index (χ3v) is 3.64. The number of urea groups is 1. The Morgan fingerprint density at radius 2 is 2.17 bits per heavy atom. The lowest BCUT2D eigenvalue weighted by Crippen LogP contribution is -2.31. The van der Waals surface area contributed by atoms with Crippen molar-refractivity contribution in [3.05, 3.63) is 36.2 Å². The van der Waals surface area contributed by atoms with Gasteiger partial charge in [-0.1, -0.05) is 13.8 Å². The van der Waals surface area contributed by atoms with Crippen molar-refractivity contribution in [3.8, 4) is 0 Å². The van der Waals surface area contributed by atoms with Gasteiger partial charge in [0, 0.05) is 31.6 Å². The average molecular weight is 328 g/mol. The molecule has 8 nitrogen and oxygen atoms in total. The molecule has 24 heavy (non-hydrogen) atoms.